The predicted molar refractivity (Wildman–Crippen MR) is 93.9 cm³/mol. The Bertz CT molecular complexity index is 448. The van der Waals surface area contributed by atoms with E-state index in [1.165, 1.54) is 19.3 Å². The molecule has 3 rings (SSSR count). The molecule has 1 aliphatic carbocycles. The summed E-state index contributed by atoms with van der Waals surface area (Å²) >= 11 is 0. The van der Waals surface area contributed by atoms with E-state index in [9.17, 15) is 9.59 Å². The number of carbonyl (C=O) groups excluding carboxylic acids is 2. The summed E-state index contributed by atoms with van der Waals surface area (Å²) in [6.07, 6.45) is 7.68. The number of nitrogens with zero attached hydrogens (tertiary/aromatic N) is 1. The quantitative estimate of drug-likeness (QED) is 0.790. The Balaban J connectivity index is 0.00000208. The number of carbonyl (C=O) groups is 2. The molecule has 2 heterocycles. The zero-order valence-corrected chi connectivity index (χ0v) is 15.1. The van der Waals surface area contributed by atoms with E-state index in [1.807, 2.05) is 4.90 Å². The van der Waals surface area contributed by atoms with Crippen LogP contribution in [0, 0.1) is 5.41 Å². The molecule has 0 spiro atoms. The van der Waals surface area contributed by atoms with E-state index in [0.717, 1.165) is 12.8 Å². The van der Waals surface area contributed by atoms with Gasteiger partial charge in [0.2, 0.25) is 11.8 Å². The molecule has 24 heavy (non-hydrogen) atoms. The van der Waals surface area contributed by atoms with Gasteiger partial charge >= 0.3 is 0 Å². The largest absolute Gasteiger partial charge is 0.381 e. The van der Waals surface area contributed by atoms with Crippen molar-refractivity contribution in [2.45, 2.75) is 63.5 Å². The number of hydrogen-bond acceptors (Lipinski definition) is 4. The Kier molecular flexibility index (Phi) is 6.89. The van der Waals surface area contributed by atoms with Crippen LogP contribution < -0.4 is 11.1 Å². The molecule has 2 saturated heterocycles. The fourth-order valence-corrected chi connectivity index (χ4v) is 4.20. The Morgan fingerprint density at radius 3 is 2.54 bits per heavy atom. The van der Waals surface area contributed by atoms with Crippen molar-refractivity contribution < 1.29 is 14.3 Å². The number of likely N-dealkylation sites (tertiary alicyclic amines) is 1. The van der Waals surface area contributed by atoms with Crippen LogP contribution in [0.1, 0.15) is 51.4 Å². The Morgan fingerprint density at radius 1 is 1.25 bits per heavy atom. The summed E-state index contributed by atoms with van der Waals surface area (Å²) in [4.78, 5) is 27.0. The van der Waals surface area contributed by atoms with Crippen molar-refractivity contribution in [3.63, 3.8) is 0 Å². The maximum atomic E-state index is 12.7. The van der Waals surface area contributed by atoms with Gasteiger partial charge in [-0.15, -0.1) is 12.4 Å². The maximum absolute atomic E-state index is 12.7. The lowest BCUT2D eigenvalue weighted by Crippen LogP contribution is -2.52. The molecule has 0 aromatic heterocycles. The standard InChI is InChI=1S/C17H29N3O3.ClH/c18-12-17(6-8-23-9-7-17)16(22)19-13-10-15(21)20(11-13)14-4-2-1-3-5-14;/h13-14H,1-12,18H2,(H,19,22);1H. The van der Waals surface area contributed by atoms with Crippen molar-refractivity contribution in [1.29, 1.82) is 0 Å². The highest BCUT2D eigenvalue weighted by molar-refractivity contribution is 5.86. The molecule has 3 N–H and O–H groups in total. The first-order chi connectivity index (χ1) is 11.1. The van der Waals surface area contributed by atoms with Gasteiger partial charge in [-0.3, -0.25) is 9.59 Å². The Hall–Kier alpha value is -0.850. The summed E-state index contributed by atoms with van der Waals surface area (Å²) < 4.78 is 5.36. The molecule has 1 atom stereocenters. The molecular weight excluding hydrogens is 330 g/mol. The molecule has 0 aromatic carbocycles. The van der Waals surface area contributed by atoms with Crippen molar-refractivity contribution in [3.8, 4) is 0 Å². The first-order valence-corrected chi connectivity index (χ1v) is 9.03. The number of hydrogen-bond donors (Lipinski definition) is 2. The highest BCUT2D eigenvalue weighted by Crippen LogP contribution is 2.31. The number of nitrogens with two attached hydrogens (primary N) is 1. The molecule has 3 fully saturated rings. The van der Waals surface area contributed by atoms with Crippen LogP contribution in [0.5, 0.6) is 0 Å². The highest BCUT2D eigenvalue weighted by atomic mass is 35.5. The maximum Gasteiger partial charge on any atom is 0.227 e. The summed E-state index contributed by atoms with van der Waals surface area (Å²) in [5.41, 5.74) is 5.38. The fourth-order valence-electron chi connectivity index (χ4n) is 4.20. The number of ether oxygens (including phenoxy) is 1. The molecule has 0 aromatic rings. The molecule has 1 saturated carbocycles. The van der Waals surface area contributed by atoms with Crippen LogP contribution in [0.4, 0.5) is 0 Å². The average Bonchev–Trinajstić information content (AvgIpc) is 2.96. The van der Waals surface area contributed by atoms with E-state index in [4.69, 9.17) is 10.5 Å². The molecule has 2 amide bonds. The normalized spacial score (nSPS) is 27.6. The molecule has 7 heteroatoms. The van der Waals surface area contributed by atoms with Gasteiger partial charge in [0.15, 0.2) is 0 Å². The lowest BCUT2D eigenvalue weighted by molar-refractivity contribution is -0.136. The third-order valence-electron chi connectivity index (χ3n) is 5.83. The second kappa shape index (κ2) is 8.50. The van der Waals surface area contributed by atoms with Crippen LogP contribution in [-0.2, 0) is 14.3 Å². The van der Waals surface area contributed by atoms with Crippen LogP contribution >= 0.6 is 12.4 Å². The van der Waals surface area contributed by atoms with Gasteiger partial charge in [-0.1, -0.05) is 19.3 Å². The van der Waals surface area contributed by atoms with Crippen LogP contribution in [0.3, 0.4) is 0 Å². The van der Waals surface area contributed by atoms with E-state index in [0.29, 0.717) is 51.6 Å². The van der Waals surface area contributed by atoms with Gasteiger partial charge in [0.25, 0.3) is 0 Å². The van der Waals surface area contributed by atoms with E-state index in [1.54, 1.807) is 0 Å². The zero-order valence-electron chi connectivity index (χ0n) is 14.3. The zero-order chi connectivity index (χ0) is 16.3. The van der Waals surface area contributed by atoms with Crippen molar-refractivity contribution >= 4 is 24.2 Å². The number of rotatable bonds is 4. The average molecular weight is 360 g/mol. The fraction of sp³-hybridized carbons (Fsp3) is 0.882. The second-order valence-corrected chi connectivity index (χ2v) is 7.31. The van der Waals surface area contributed by atoms with E-state index < -0.39 is 5.41 Å². The van der Waals surface area contributed by atoms with Gasteiger partial charge in [0.05, 0.1) is 11.5 Å². The molecule has 3 aliphatic rings. The Morgan fingerprint density at radius 2 is 1.92 bits per heavy atom. The van der Waals surface area contributed by atoms with Gasteiger partial charge in [-0.25, -0.2) is 0 Å². The third kappa shape index (κ3) is 4.03. The molecule has 0 bridgehead atoms. The van der Waals surface area contributed by atoms with Crippen LogP contribution in [-0.4, -0.2) is 55.1 Å². The SMILES string of the molecule is Cl.NCC1(C(=O)NC2CC(=O)N(C3CCCCC3)C2)CCOCC1. The smallest absolute Gasteiger partial charge is 0.227 e. The second-order valence-electron chi connectivity index (χ2n) is 7.31. The Labute approximate surface area is 150 Å². The summed E-state index contributed by atoms with van der Waals surface area (Å²) in [6, 6.07) is 0.313. The topological polar surface area (TPSA) is 84.7 Å². The number of nitrogens with one attached hydrogen (secondary N) is 1. The molecule has 138 valence electrons. The minimum Gasteiger partial charge on any atom is -0.381 e. The van der Waals surface area contributed by atoms with Crippen molar-refractivity contribution in [1.82, 2.24) is 10.2 Å². The summed E-state index contributed by atoms with van der Waals surface area (Å²) in [6.45, 7) is 2.17. The van der Waals surface area contributed by atoms with E-state index in [2.05, 4.69) is 5.32 Å². The molecule has 0 radical (unpaired) electrons. The minimum absolute atomic E-state index is 0. The first-order valence-electron chi connectivity index (χ1n) is 9.03. The van der Waals surface area contributed by atoms with Gasteiger partial charge in [-0.05, 0) is 25.7 Å². The first kappa shape index (κ1) is 19.5. The third-order valence-corrected chi connectivity index (χ3v) is 5.83. The van der Waals surface area contributed by atoms with Crippen LogP contribution in [0.25, 0.3) is 0 Å². The van der Waals surface area contributed by atoms with Gasteiger partial charge in [-0.2, -0.15) is 0 Å². The summed E-state index contributed by atoms with van der Waals surface area (Å²) in [5, 5.41) is 3.10. The van der Waals surface area contributed by atoms with E-state index >= 15 is 0 Å². The van der Waals surface area contributed by atoms with Gasteiger partial charge in [0.1, 0.15) is 0 Å². The molecule has 2 aliphatic heterocycles. The van der Waals surface area contributed by atoms with Crippen molar-refractivity contribution in [2.75, 3.05) is 26.3 Å². The number of amides is 2. The highest BCUT2D eigenvalue weighted by Gasteiger charge is 2.42. The van der Waals surface area contributed by atoms with Gasteiger partial charge < -0.3 is 20.7 Å². The van der Waals surface area contributed by atoms with Gasteiger partial charge in [0, 0.05) is 38.8 Å². The summed E-state index contributed by atoms with van der Waals surface area (Å²) in [5.74, 6) is 0.197. The monoisotopic (exact) mass is 359 g/mol. The molecule has 1 unspecified atom stereocenters. The van der Waals surface area contributed by atoms with Crippen LogP contribution in [0.2, 0.25) is 0 Å². The van der Waals surface area contributed by atoms with Crippen molar-refractivity contribution in [3.05, 3.63) is 0 Å². The van der Waals surface area contributed by atoms with Crippen molar-refractivity contribution in [2.24, 2.45) is 11.1 Å². The predicted octanol–water partition coefficient (Wildman–Crippen LogP) is 1.21. The summed E-state index contributed by atoms with van der Waals surface area (Å²) in [7, 11) is 0. The lowest BCUT2D eigenvalue weighted by atomic mass is 9.79. The van der Waals surface area contributed by atoms with E-state index in [-0.39, 0.29) is 30.3 Å². The minimum atomic E-state index is -0.514. The lowest BCUT2D eigenvalue weighted by Gasteiger charge is -2.35. The van der Waals surface area contributed by atoms with Crippen LogP contribution in [0.15, 0.2) is 0 Å². The number of halogens is 1. The molecular formula is C17H30ClN3O3. The molecule has 6 nitrogen and oxygen atoms in total.